The number of nitrogens with two attached hydrogens (primary N) is 1. The van der Waals surface area contributed by atoms with E-state index in [1.807, 2.05) is 41.1 Å². The smallest absolute Gasteiger partial charge is 0.258 e. The molecule has 2 aromatic heterocycles. The van der Waals surface area contributed by atoms with Gasteiger partial charge in [-0.25, -0.2) is 4.68 Å². The van der Waals surface area contributed by atoms with Gasteiger partial charge in [-0.2, -0.15) is 5.10 Å². The number of quaternary nitrogens is 2. The van der Waals surface area contributed by atoms with Crippen molar-refractivity contribution < 1.29 is 10.2 Å². The monoisotopic (exact) mass is 403 g/mol. The van der Waals surface area contributed by atoms with Crippen LogP contribution >= 0.6 is 0 Å². The van der Waals surface area contributed by atoms with Gasteiger partial charge in [0.05, 0.1) is 25.3 Å². The lowest BCUT2D eigenvalue weighted by Gasteiger charge is -2.06. The van der Waals surface area contributed by atoms with E-state index in [0.29, 0.717) is 6.54 Å². The highest BCUT2D eigenvalue weighted by atomic mass is 16.1. The van der Waals surface area contributed by atoms with E-state index in [2.05, 4.69) is 55.6 Å². The highest BCUT2D eigenvalue weighted by Gasteiger charge is 2.17. The Bertz CT molecular complexity index is 1190. The molecule has 30 heavy (non-hydrogen) atoms. The molecule has 0 radical (unpaired) electrons. The van der Waals surface area contributed by atoms with Gasteiger partial charge in [-0.15, -0.1) is 0 Å². The lowest BCUT2D eigenvalue weighted by molar-refractivity contribution is -0.875. The minimum Gasteiger partial charge on any atom is -0.338 e. The number of aryl methyl sites for hydroxylation is 1. The standard InChI is InChI=1S/C24H27N5O/c1-17-9-11-18(12-10-17)22-21-15-19(16-25-13-14-28(2)3)24(30)26-23(21)29(27-22)20-7-5-4-6-8-20/h4-12,15,25H,13-14,16H2,1-3H3,(H,26,30)/p+2. The van der Waals surface area contributed by atoms with Crippen molar-refractivity contribution in [3.05, 3.63) is 82.1 Å². The molecule has 4 rings (SSSR count). The average Bonchev–Trinajstić information content (AvgIpc) is 3.10. The molecule has 0 bridgehead atoms. The van der Waals surface area contributed by atoms with Crippen LogP contribution in [-0.2, 0) is 6.54 Å². The van der Waals surface area contributed by atoms with E-state index in [9.17, 15) is 4.79 Å². The molecule has 6 nitrogen and oxygen atoms in total. The summed E-state index contributed by atoms with van der Waals surface area (Å²) in [4.78, 5) is 17.3. The molecule has 2 aromatic carbocycles. The van der Waals surface area contributed by atoms with Gasteiger partial charge in [0, 0.05) is 10.9 Å². The number of hydrogen-bond donors (Lipinski definition) is 3. The predicted octanol–water partition coefficient (Wildman–Crippen LogP) is 0.897. The molecule has 6 heteroatoms. The summed E-state index contributed by atoms with van der Waals surface area (Å²) in [6, 6.07) is 20.3. The van der Waals surface area contributed by atoms with Crippen LogP contribution in [0.4, 0.5) is 0 Å². The lowest BCUT2D eigenvalue weighted by Crippen LogP contribution is -3.09. The zero-order valence-corrected chi connectivity index (χ0v) is 17.8. The molecule has 0 aliphatic heterocycles. The maximum atomic E-state index is 12.8. The molecule has 0 saturated heterocycles. The van der Waals surface area contributed by atoms with E-state index < -0.39 is 0 Å². The number of para-hydroxylation sites is 1. The van der Waals surface area contributed by atoms with Gasteiger partial charge in [-0.1, -0.05) is 48.0 Å². The second kappa shape index (κ2) is 8.65. The Labute approximate surface area is 176 Å². The molecule has 2 heterocycles. The first kappa shape index (κ1) is 20.1. The number of nitrogens with zero attached hydrogens (tertiary/aromatic N) is 2. The zero-order chi connectivity index (χ0) is 21.1. The molecule has 4 N–H and O–H groups in total. The fourth-order valence-electron chi connectivity index (χ4n) is 3.60. The van der Waals surface area contributed by atoms with Crippen LogP contribution in [0.5, 0.6) is 0 Å². The van der Waals surface area contributed by atoms with Crippen molar-refractivity contribution in [3.63, 3.8) is 0 Å². The fraction of sp³-hybridized carbons (Fsp3) is 0.250. The highest BCUT2D eigenvalue weighted by molar-refractivity contribution is 5.92. The molecule has 0 spiro atoms. The minimum atomic E-state index is -0.0523. The number of rotatable bonds is 7. The van der Waals surface area contributed by atoms with Crippen LogP contribution in [0.3, 0.4) is 0 Å². The first-order chi connectivity index (χ1) is 14.5. The summed E-state index contributed by atoms with van der Waals surface area (Å²) in [5.74, 6) is 0. The first-order valence-electron chi connectivity index (χ1n) is 10.4. The molecule has 154 valence electrons. The molecule has 4 aromatic rings. The largest absolute Gasteiger partial charge is 0.338 e. The first-order valence-corrected chi connectivity index (χ1v) is 10.4. The van der Waals surface area contributed by atoms with E-state index in [1.165, 1.54) is 10.5 Å². The third kappa shape index (κ3) is 4.20. The Morgan fingerprint density at radius 3 is 2.50 bits per heavy atom. The van der Waals surface area contributed by atoms with E-state index >= 15 is 0 Å². The Hall–Kier alpha value is -3.22. The summed E-state index contributed by atoms with van der Waals surface area (Å²) in [5.41, 5.74) is 5.49. The second-order valence-corrected chi connectivity index (χ2v) is 8.09. The van der Waals surface area contributed by atoms with Gasteiger partial charge in [0.15, 0.2) is 0 Å². The van der Waals surface area contributed by atoms with Gasteiger partial charge < -0.3 is 15.2 Å². The number of nitrogens with one attached hydrogen (secondary N) is 2. The topological polar surface area (TPSA) is 71.7 Å². The predicted molar refractivity (Wildman–Crippen MR) is 120 cm³/mol. The van der Waals surface area contributed by atoms with Crippen molar-refractivity contribution in [1.82, 2.24) is 14.8 Å². The van der Waals surface area contributed by atoms with Crippen molar-refractivity contribution in [1.29, 1.82) is 0 Å². The molecule has 0 atom stereocenters. The quantitative estimate of drug-likeness (QED) is 0.401. The minimum absolute atomic E-state index is 0.0523. The fourth-order valence-corrected chi connectivity index (χ4v) is 3.60. The van der Waals surface area contributed by atoms with E-state index in [4.69, 9.17) is 5.10 Å². The van der Waals surface area contributed by atoms with Gasteiger partial charge in [-0.3, -0.25) is 4.79 Å². The van der Waals surface area contributed by atoms with Crippen molar-refractivity contribution in [3.8, 4) is 16.9 Å². The number of pyridine rings is 1. The average molecular weight is 404 g/mol. The molecular formula is C24H29N5O+2. The third-order valence-electron chi connectivity index (χ3n) is 5.30. The number of fused-ring (bicyclic) bond motifs is 1. The number of likely N-dealkylation sites (N-methyl/N-ethyl adjacent to an activating group) is 1. The number of hydrogen-bond acceptors (Lipinski definition) is 2. The van der Waals surface area contributed by atoms with Gasteiger partial charge in [-0.05, 0) is 25.1 Å². The lowest BCUT2D eigenvalue weighted by atomic mass is 10.1. The second-order valence-electron chi connectivity index (χ2n) is 8.09. The summed E-state index contributed by atoms with van der Waals surface area (Å²) >= 11 is 0. The maximum absolute atomic E-state index is 12.8. The van der Waals surface area contributed by atoms with Gasteiger partial charge in [0.25, 0.3) is 5.56 Å². The van der Waals surface area contributed by atoms with Crippen LogP contribution in [0, 0.1) is 6.92 Å². The Morgan fingerprint density at radius 2 is 1.80 bits per heavy atom. The van der Waals surface area contributed by atoms with Crippen molar-refractivity contribution in [2.45, 2.75) is 13.5 Å². The molecule has 0 unspecified atom stereocenters. The SMILES string of the molecule is Cc1ccc(-c2nn(-c3ccccc3)c3[nH]c(=O)c(C[NH2+]CC[NH+](C)C)cc23)cc1. The van der Waals surface area contributed by atoms with Gasteiger partial charge in [0.2, 0.25) is 0 Å². The van der Waals surface area contributed by atoms with E-state index in [0.717, 1.165) is 46.6 Å². The van der Waals surface area contributed by atoms with Crippen molar-refractivity contribution in [2.24, 2.45) is 0 Å². The normalized spacial score (nSPS) is 11.5. The Kier molecular flexibility index (Phi) is 5.79. The zero-order valence-electron chi connectivity index (χ0n) is 17.8. The van der Waals surface area contributed by atoms with Crippen LogP contribution in [0.1, 0.15) is 11.1 Å². The molecule has 0 fully saturated rings. The summed E-state index contributed by atoms with van der Waals surface area (Å²) in [6.45, 7) is 4.77. The Morgan fingerprint density at radius 1 is 1.07 bits per heavy atom. The summed E-state index contributed by atoms with van der Waals surface area (Å²) in [7, 11) is 4.27. The number of benzene rings is 2. The van der Waals surface area contributed by atoms with Gasteiger partial charge >= 0.3 is 0 Å². The van der Waals surface area contributed by atoms with Gasteiger partial charge in [0.1, 0.15) is 31.0 Å². The highest BCUT2D eigenvalue weighted by Crippen LogP contribution is 2.28. The van der Waals surface area contributed by atoms with Crippen LogP contribution in [0.2, 0.25) is 0 Å². The van der Waals surface area contributed by atoms with Crippen LogP contribution in [0.15, 0.2) is 65.5 Å². The van der Waals surface area contributed by atoms with Crippen molar-refractivity contribution in [2.75, 3.05) is 27.2 Å². The third-order valence-corrected chi connectivity index (χ3v) is 5.30. The summed E-state index contributed by atoms with van der Waals surface area (Å²) < 4.78 is 1.83. The molecule has 0 saturated carbocycles. The molecule has 0 aliphatic rings. The summed E-state index contributed by atoms with van der Waals surface area (Å²) in [6.07, 6.45) is 0. The van der Waals surface area contributed by atoms with Crippen molar-refractivity contribution >= 4 is 11.0 Å². The Balaban J connectivity index is 1.81. The molecule has 0 amide bonds. The maximum Gasteiger partial charge on any atom is 0.258 e. The summed E-state index contributed by atoms with van der Waals surface area (Å²) in [5, 5.41) is 8.05. The number of aromatic amines is 1. The van der Waals surface area contributed by atoms with Crippen LogP contribution in [0.25, 0.3) is 28.0 Å². The van der Waals surface area contributed by atoms with Crippen LogP contribution < -0.4 is 15.8 Å². The molecule has 0 aliphatic carbocycles. The number of H-pyrrole nitrogens is 1. The number of aromatic nitrogens is 3. The molecular weight excluding hydrogens is 374 g/mol. The van der Waals surface area contributed by atoms with Crippen LogP contribution in [-0.4, -0.2) is 41.9 Å². The van der Waals surface area contributed by atoms with E-state index in [-0.39, 0.29) is 5.56 Å². The van der Waals surface area contributed by atoms with E-state index in [1.54, 1.807) is 0 Å².